The summed E-state index contributed by atoms with van der Waals surface area (Å²) >= 11 is 3.53. The van der Waals surface area contributed by atoms with Crippen molar-refractivity contribution in [3.8, 4) is 0 Å². The van der Waals surface area contributed by atoms with E-state index in [1.54, 1.807) is 0 Å². The molecule has 1 saturated carbocycles. The zero-order chi connectivity index (χ0) is 14.6. The smallest absolute Gasteiger partial charge is 0.0597 e. The maximum absolute atomic E-state index is 9.79. The van der Waals surface area contributed by atoms with Crippen LogP contribution in [0.4, 0.5) is 11.4 Å². The molecule has 0 bridgehead atoms. The Bertz CT molecular complexity index is 442. The third kappa shape index (κ3) is 3.67. The molecule has 112 valence electrons. The van der Waals surface area contributed by atoms with Crippen LogP contribution >= 0.6 is 15.9 Å². The van der Waals surface area contributed by atoms with Gasteiger partial charge >= 0.3 is 0 Å². The summed E-state index contributed by atoms with van der Waals surface area (Å²) in [4.78, 5) is 2.11. The van der Waals surface area contributed by atoms with Crippen molar-refractivity contribution in [3.63, 3.8) is 0 Å². The molecular weight excluding hydrogens is 316 g/mol. The van der Waals surface area contributed by atoms with Crippen LogP contribution in [0.1, 0.15) is 32.1 Å². The fourth-order valence-corrected chi connectivity index (χ4v) is 3.38. The second kappa shape index (κ2) is 6.81. The molecule has 0 saturated heterocycles. The van der Waals surface area contributed by atoms with E-state index in [9.17, 15) is 5.11 Å². The van der Waals surface area contributed by atoms with Gasteiger partial charge in [-0.3, -0.25) is 0 Å². The Morgan fingerprint density at radius 2 is 1.95 bits per heavy atom. The first-order chi connectivity index (χ1) is 9.56. The molecule has 1 aliphatic carbocycles. The van der Waals surface area contributed by atoms with Crippen LogP contribution < -0.4 is 10.2 Å². The molecule has 0 spiro atoms. The van der Waals surface area contributed by atoms with E-state index in [1.807, 2.05) is 0 Å². The molecule has 2 rings (SSSR count). The third-order valence-electron chi connectivity index (χ3n) is 4.34. The molecule has 0 radical (unpaired) electrons. The number of anilines is 2. The van der Waals surface area contributed by atoms with Crippen LogP contribution in [0.5, 0.6) is 0 Å². The first-order valence-corrected chi connectivity index (χ1v) is 8.17. The highest BCUT2D eigenvalue weighted by Gasteiger charge is 2.31. The highest BCUT2D eigenvalue weighted by Crippen LogP contribution is 2.37. The van der Waals surface area contributed by atoms with Crippen molar-refractivity contribution in [2.24, 2.45) is 5.41 Å². The number of rotatable bonds is 5. The fourth-order valence-electron chi connectivity index (χ4n) is 3.02. The Hall–Kier alpha value is -0.740. The van der Waals surface area contributed by atoms with Gasteiger partial charge in [-0.25, -0.2) is 0 Å². The van der Waals surface area contributed by atoms with Gasteiger partial charge in [-0.1, -0.05) is 35.2 Å². The maximum Gasteiger partial charge on any atom is 0.0597 e. The Labute approximate surface area is 130 Å². The molecule has 0 amide bonds. The van der Waals surface area contributed by atoms with Gasteiger partial charge in [0.2, 0.25) is 0 Å². The summed E-state index contributed by atoms with van der Waals surface area (Å²) in [5.74, 6) is 0. The lowest BCUT2D eigenvalue weighted by atomic mass is 9.74. The Balaban J connectivity index is 2.11. The van der Waals surface area contributed by atoms with Gasteiger partial charge in [0.15, 0.2) is 0 Å². The molecule has 0 heterocycles. The lowest BCUT2D eigenvalue weighted by Gasteiger charge is -2.36. The standard InChI is InChI=1S/C16H25BrN2O/c1-19(2)15-7-6-13(17)10-14(15)18-11-16(12-20)8-4-3-5-9-16/h6-7,10,18,20H,3-5,8-9,11-12H2,1-2H3. The number of aliphatic hydroxyl groups is 1. The zero-order valence-corrected chi connectivity index (χ0v) is 14.0. The lowest BCUT2D eigenvalue weighted by molar-refractivity contribution is 0.0944. The minimum Gasteiger partial charge on any atom is -0.396 e. The number of hydrogen-bond donors (Lipinski definition) is 2. The monoisotopic (exact) mass is 340 g/mol. The second-order valence-electron chi connectivity index (χ2n) is 6.13. The van der Waals surface area contributed by atoms with Crippen LogP contribution in [0.25, 0.3) is 0 Å². The summed E-state index contributed by atoms with van der Waals surface area (Å²) < 4.78 is 1.08. The molecule has 20 heavy (non-hydrogen) atoms. The molecular formula is C16H25BrN2O. The van der Waals surface area contributed by atoms with Crippen molar-refractivity contribution >= 4 is 27.3 Å². The largest absolute Gasteiger partial charge is 0.396 e. The first-order valence-electron chi connectivity index (χ1n) is 7.38. The number of halogens is 1. The first kappa shape index (κ1) is 15.6. The average molecular weight is 341 g/mol. The van der Waals surface area contributed by atoms with Crippen molar-refractivity contribution in [1.29, 1.82) is 0 Å². The van der Waals surface area contributed by atoms with Crippen molar-refractivity contribution < 1.29 is 5.11 Å². The Kier molecular flexibility index (Phi) is 5.33. The summed E-state index contributed by atoms with van der Waals surface area (Å²) in [6.45, 7) is 1.13. The minimum absolute atomic E-state index is 0.0597. The van der Waals surface area contributed by atoms with Gasteiger partial charge in [-0.05, 0) is 31.0 Å². The van der Waals surface area contributed by atoms with E-state index in [0.29, 0.717) is 0 Å². The molecule has 1 aromatic rings. The van der Waals surface area contributed by atoms with E-state index in [4.69, 9.17) is 0 Å². The number of hydrogen-bond acceptors (Lipinski definition) is 3. The summed E-state index contributed by atoms with van der Waals surface area (Å²) in [7, 11) is 4.10. The predicted octanol–water partition coefficient (Wildman–Crippen LogP) is 3.87. The minimum atomic E-state index is 0.0597. The topological polar surface area (TPSA) is 35.5 Å². The molecule has 0 aliphatic heterocycles. The fraction of sp³-hybridized carbons (Fsp3) is 0.625. The molecule has 3 nitrogen and oxygen atoms in total. The van der Waals surface area contributed by atoms with E-state index >= 15 is 0 Å². The van der Waals surface area contributed by atoms with E-state index in [-0.39, 0.29) is 12.0 Å². The number of aliphatic hydroxyl groups excluding tert-OH is 1. The van der Waals surface area contributed by atoms with Crippen LogP contribution in [-0.2, 0) is 0 Å². The van der Waals surface area contributed by atoms with Crippen LogP contribution in [0.2, 0.25) is 0 Å². The SMILES string of the molecule is CN(C)c1ccc(Br)cc1NCC1(CO)CCCCC1. The molecule has 4 heteroatoms. The summed E-state index contributed by atoms with van der Waals surface area (Å²) in [5.41, 5.74) is 2.37. The molecule has 0 atom stereocenters. The third-order valence-corrected chi connectivity index (χ3v) is 4.84. The molecule has 1 fully saturated rings. The summed E-state index contributed by atoms with van der Waals surface area (Å²) in [6.07, 6.45) is 6.04. The van der Waals surface area contributed by atoms with Crippen molar-refractivity contribution in [3.05, 3.63) is 22.7 Å². The highest BCUT2D eigenvalue weighted by molar-refractivity contribution is 9.10. The molecule has 1 aromatic carbocycles. The van der Waals surface area contributed by atoms with Gasteiger partial charge in [0, 0.05) is 30.5 Å². The van der Waals surface area contributed by atoms with Crippen molar-refractivity contribution in [2.75, 3.05) is 37.5 Å². The van der Waals surface area contributed by atoms with Crippen LogP contribution in [0, 0.1) is 5.41 Å². The van der Waals surface area contributed by atoms with Crippen LogP contribution in [0.3, 0.4) is 0 Å². The second-order valence-corrected chi connectivity index (χ2v) is 7.04. The highest BCUT2D eigenvalue weighted by atomic mass is 79.9. The van der Waals surface area contributed by atoms with Gasteiger partial charge < -0.3 is 15.3 Å². The van der Waals surface area contributed by atoms with Gasteiger partial charge in [0.05, 0.1) is 18.0 Å². The zero-order valence-electron chi connectivity index (χ0n) is 12.5. The quantitative estimate of drug-likeness (QED) is 0.853. The normalized spacial score (nSPS) is 17.8. The van der Waals surface area contributed by atoms with Crippen molar-refractivity contribution in [1.82, 2.24) is 0 Å². The molecule has 2 N–H and O–H groups in total. The summed E-state index contributed by atoms with van der Waals surface area (Å²) in [5, 5.41) is 13.4. The Morgan fingerprint density at radius 3 is 2.55 bits per heavy atom. The number of nitrogens with one attached hydrogen (secondary N) is 1. The average Bonchev–Trinajstić information content (AvgIpc) is 2.46. The predicted molar refractivity (Wildman–Crippen MR) is 89.6 cm³/mol. The lowest BCUT2D eigenvalue weighted by Crippen LogP contribution is -2.35. The molecule has 0 aromatic heterocycles. The summed E-state index contributed by atoms with van der Waals surface area (Å²) in [6, 6.07) is 6.28. The maximum atomic E-state index is 9.79. The number of nitrogens with zero attached hydrogens (tertiary/aromatic N) is 1. The van der Waals surface area contributed by atoms with E-state index < -0.39 is 0 Å². The van der Waals surface area contributed by atoms with Crippen molar-refractivity contribution in [2.45, 2.75) is 32.1 Å². The molecule has 0 unspecified atom stereocenters. The van der Waals surface area contributed by atoms with E-state index in [2.05, 4.69) is 58.4 Å². The van der Waals surface area contributed by atoms with Gasteiger partial charge in [-0.2, -0.15) is 0 Å². The van der Waals surface area contributed by atoms with E-state index in [0.717, 1.165) is 29.5 Å². The van der Waals surface area contributed by atoms with E-state index in [1.165, 1.54) is 24.9 Å². The van der Waals surface area contributed by atoms with Crippen LogP contribution in [0.15, 0.2) is 22.7 Å². The Morgan fingerprint density at radius 1 is 1.25 bits per heavy atom. The molecule has 1 aliphatic rings. The van der Waals surface area contributed by atoms with Gasteiger partial charge in [0.1, 0.15) is 0 Å². The number of benzene rings is 1. The van der Waals surface area contributed by atoms with Gasteiger partial charge in [0.25, 0.3) is 0 Å². The van der Waals surface area contributed by atoms with Gasteiger partial charge in [-0.15, -0.1) is 0 Å². The van der Waals surface area contributed by atoms with Crippen LogP contribution in [-0.4, -0.2) is 32.4 Å².